The van der Waals surface area contributed by atoms with Gasteiger partial charge in [0.2, 0.25) is 0 Å². The Kier molecular flexibility index (Phi) is 5.29. The molecule has 0 spiro atoms. The third-order valence-corrected chi connectivity index (χ3v) is 3.38. The zero-order valence-electron chi connectivity index (χ0n) is 12.2. The molecule has 1 aromatic carbocycles. The molecule has 108 valence electrons. The van der Waals surface area contributed by atoms with Crippen LogP contribution in [0.1, 0.15) is 46.2 Å². The predicted molar refractivity (Wildman–Crippen MR) is 73.5 cm³/mol. The zero-order valence-corrected chi connectivity index (χ0v) is 12.2. The topological polar surface area (TPSA) is 21.3 Å². The third-order valence-electron chi connectivity index (χ3n) is 3.38. The van der Waals surface area contributed by atoms with Crippen molar-refractivity contribution in [3.05, 3.63) is 29.8 Å². The second kappa shape index (κ2) is 6.33. The Morgan fingerprint density at radius 1 is 1.16 bits per heavy atom. The van der Waals surface area contributed by atoms with Gasteiger partial charge in [0, 0.05) is 12.1 Å². The lowest BCUT2D eigenvalue weighted by molar-refractivity contribution is -0.0499. The molecule has 1 N–H and O–H groups in total. The van der Waals surface area contributed by atoms with Crippen LogP contribution in [0.5, 0.6) is 5.75 Å². The summed E-state index contributed by atoms with van der Waals surface area (Å²) in [6.07, 6.45) is 0. The van der Waals surface area contributed by atoms with E-state index in [2.05, 4.69) is 37.7 Å². The van der Waals surface area contributed by atoms with E-state index in [1.165, 1.54) is 6.07 Å². The van der Waals surface area contributed by atoms with Gasteiger partial charge in [0.25, 0.3) is 0 Å². The molecule has 0 aliphatic heterocycles. The maximum atomic E-state index is 12.2. The van der Waals surface area contributed by atoms with Crippen LogP contribution in [0.25, 0.3) is 0 Å². The molecule has 0 aromatic heterocycles. The minimum absolute atomic E-state index is 0.0791. The molecule has 19 heavy (non-hydrogen) atoms. The van der Waals surface area contributed by atoms with Gasteiger partial charge < -0.3 is 10.1 Å². The first-order chi connectivity index (χ1) is 8.70. The molecule has 0 saturated carbocycles. The van der Waals surface area contributed by atoms with Crippen molar-refractivity contribution in [1.29, 1.82) is 0 Å². The number of alkyl halides is 2. The molecule has 2 atom stereocenters. The smallest absolute Gasteiger partial charge is 0.387 e. The van der Waals surface area contributed by atoms with Crippen LogP contribution in [0.3, 0.4) is 0 Å². The maximum Gasteiger partial charge on any atom is 0.387 e. The van der Waals surface area contributed by atoms with Crippen molar-refractivity contribution in [1.82, 2.24) is 5.32 Å². The Morgan fingerprint density at radius 3 is 2.32 bits per heavy atom. The fraction of sp³-hybridized carbons (Fsp3) is 0.600. The van der Waals surface area contributed by atoms with Gasteiger partial charge in [-0.2, -0.15) is 8.78 Å². The molecule has 0 saturated heterocycles. The van der Waals surface area contributed by atoms with E-state index < -0.39 is 6.61 Å². The Bertz CT molecular complexity index is 401. The Hall–Kier alpha value is -1.16. The zero-order chi connectivity index (χ0) is 14.6. The number of benzene rings is 1. The number of ether oxygens (including phenoxy) is 1. The highest BCUT2D eigenvalue weighted by molar-refractivity contribution is 5.30. The van der Waals surface area contributed by atoms with Gasteiger partial charge in [-0.15, -0.1) is 0 Å². The fourth-order valence-electron chi connectivity index (χ4n) is 1.68. The van der Waals surface area contributed by atoms with Crippen LogP contribution >= 0.6 is 0 Å². The Balaban J connectivity index is 2.74. The normalized spacial score (nSPS) is 15.4. The van der Waals surface area contributed by atoms with Gasteiger partial charge in [0.05, 0.1) is 0 Å². The van der Waals surface area contributed by atoms with Gasteiger partial charge in [0.1, 0.15) is 5.75 Å². The van der Waals surface area contributed by atoms with E-state index in [1.54, 1.807) is 12.1 Å². The number of halogens is 2. The van der Waals surface area contributed by atoms with Gasteiger partial charge in [-0.3, -0.25) is 0 Å². The van der Waals surface area contributed by atoms with E-state index in [4.69, 9.17) is 0 Å². The van der Waals surface area contributed by atoms with Crippen LogP contribution in [0, 0.1) is 5.41 Å². The van der Waals surface area contributed by atoms with Crippen molar-refractivity contribution in [3.63, 3.8) is 0 Å². The SMILES string of the molecule is CC(NC(C)C(C)(C)C)c1cccc(OC(F)F)c1. The monoisotopic (exact) mass is 271 g/mol. The molecule has 1 rings (SSSR count). The van der Waals surface area contributed by atoms with Gasteiger partial charge in [0.15, 0.2) is 0 Å². The summed E-state index contributed by atoms with van der Waals surface area (Å²) < 4.78 is 28.8. The predicted octanol–water partition coefficient (Wildman–Crippen LogP) is 4.37. The Labute approximate surface area is 114 Å². The lowest BCUT2D eigenvalue weighted by Crippen LogP contribution is -2.39. The Morgan fingerprint density at radius 2 is 1.79 bits per heavy atom. The lowest BCUT2D eigenvalue weighted by atomic mass is 9.87. The van der Waals surface area contributed by atoms with Crippen LogP contribution in [0.2, 0.25) is 0 Å². The van der Waals surface area contributed by atoms with Crippen LogP contribution in [0.4, 0.5) is 8.78 Å². The summed E-state index contributed by atoms with van der Waals surface area (Å²) in [7, 11) is 0. The van der Waals surface area contributed by atoms with Gasteiger partial charge in [-0.05, 0) is 37.0 Å². The van der Waals surface area contributed by atoms with Crippen LogP contribution in [0.15, 0.2) is 24.3 Å². The largest absolute Gasteiger partial charge is 0.435 e. The van der Waals surface area contributed by atoms with Crippen molar-refractivity contribution >= 4 is 0 Å². The molecular weight excluding hydrogens is 248 g/mol. The maximum absolute atomic E-state index is 12.2. The summed E-state index contributed by atoms with van der Waals surface area (Å²) in [5.41, 5.74) is 1.08. The summed E-state index contributed by atoms with van der Waals surface area (Å²) in [5, 5.41) is 3.47. The summed E-state index contributed by atoms with van der Waals surface area (Å²) in [6.45, 7) is 7.83. The minimum atomic E-state index is -2.79. The molecule has 0 bridgehead atoms. The summed E-state index contributed by atoms with van der Waals surface area (Å²) in [5.74, 6) is 0.199. The van der Waals surface area contributed by atoms with Crippen molar-refractivity contribution < 1.29 is 13.5 Å². The quantitative estimate of drug-likeness (QED) is 0.858. The van der Waals surface area contributed by atoms with Crippen molar-refractivity contribution in [2.75, 3.05) is 0 Å². The highest BCUT2D eigenvalue weighted by Crippen LogP contribution is 2.24. The molecule has 0 radical (unpaired) electrons. The van der Waals surface area contributed by atoms with Crippen molar-refractivity contribution in [2.24, 2.45) is 5.41 Å². The molecule has 2 unspecified atom stereocenters. The molecule has 1 aromatic rings. The number of rotatable bonds is 5. The van der Waals surface area contributed by atoms with E-state index >= 15 is 0 Å². The van der Waals surface area contributed by atoms with E-state index in [-0.39, 0.29) is 17.2 Å². The summed E-state index contributed by atoms with van der Waals surface area (Å²) in [4.78, 5) is 0. The highest BCUT2D eigenvalue weighted by Gasteiger charge is 2.21. The van der Waals surface area contributed by atoms with Crippen LogP contribution < -0.4 is 10.1 Å². The first-order valence-corrected chi connectivity index (χ1v) is 6.51. The summed E-state index contributed by atoms with van der Waals surface area (Å²) in [6, 6.07) is 7.21. The van der Waals surface area contributed by atoms with E-state index in [0.717, 1.165) is 5.56 Å². The number of hydrogen-bond acceptors (Lipinski definition) is 2. The molecule has 4 heteroatoms. The third kappa shape index (κ3) is 5.15. The molecule has 0 aliphatic rings. The van der Waals surface area contributed by atoms with Gasteiger partial charge >= 0.3 is 6.61 Å². The molecule has 0 amide bonds. The average molecular weight is 271 g/mol. The lowest BCUT2D eigenvalue weighted by Gasteiger charge is -2.31. The first kappa shape index (κ1) is 15.9. The number of nitrogens with one attached hydrogen (secondary N) is 1. The van der Waals surface area contributed by atoms with Crippen molar-refractivity contribution in [3.8, 4) is 5.75 Å². The highest BCUT2D eigenvalue weighted by atomic mass is 19.3. The average Bonchev–Trinajstić information content (AvgIpc) is 2.27. The standard InChI is InChI=1S/C15H23F2NO/c1-10(18-11(2)15(3,4)5)12-7-6-8-13(9-12)19-14(16)17/h6-11,14,18H,1-5H3. The molecule has 0 aliphatic carbocycles. The molecular formula is C15H23F2NO. The molecule has 0 heterocycles. The fourth-order valence-corrected chi connectivity index (χ4v) is 1.68. The van der Waals surface area contributed by atoms with E-state index in [9.17, 15) is 8.78 Å². The summed E-state index contributed by atoms with van der Waals surface area (Å²) >= 11 is 0. The molecule has 0 fully saturated rings. The van der Waals surface area contributed by atoms with Gasteiger partial charge in [-0.1, -0.05) is 32.9 Å². The second-order valence-electron chi connectivity index (χ2n) is 5.93. The second-order valence-corrected chi connectivity index (χ2v) is 5.93. The number of hydrogen-bond donors (Lipinski definition) is 1. The van der Waals surface area contributed by atoms with Gasteiger partial charge in [-0.25, -0.2) is 0 Å². The first-order valence-electron chi connectivity index (χ1n) is 6.51. The van der Waals surface area contributed by atoms with Crippen molar-refractivity contribution in [2.45, 2.75) is 53.3 Å². The van der Waals surface area contributed by atoms with Crippen LogP contribution in [-0.2, 0) is 0 Å². The van der Waals surface area contributed by atoms with E-state index in [0.29, 0.717) is 6.04 Å². The molecule has 2 nitrogen and oxygen atoms in total. The minimum Gasteiger partial charge on any atom is -0.435 e. The van der Waals surface area contributed by atoms with E-state index in [1.807, 2.05) is 13.0 Å². The van der Waals surface area contributed by atoms with Crippen LogP contribution in [-0.4, -0.2) is 12.7 Å².